The zero-order valence-electron chi connectivity index (χ0n) is 9.46. The van der Waals surface area contributed by atoms with E-state index >= 15 is 0 Å². The molecule has 1 amide bonds. The lowest BCUT2D eigenvalue weighted by Crippen LogP contribution is -2.26. The molecule has 1 aromatic heterocycles. The van der Waals surface area contributed by atoms with Crippen LogP contribution in [-0.2, 0) is 6.42 Å². The van der Waals surface area contributed by atoms with E-state index in [1.807, 2.05) is 0 Å². The van der Waals surface area contributed by atoms with Gasteiger partial charge in [0.25, 0.3) is 5.91 Å². The Kier molecular flexibility index (Phi) is 3.42. The van der Waals surface area contributed by atoms with Crippen molar-refractivity contribution in [3.05, 3.63) is 35.5 Å². The third-order valence-corrected chi connectivity index (χ3v) is 2.36. The van der Waals surface area contributed by atoms with Crippen LogP contribution in [0.15, 0.2) is 28.9 Å². The maximum Gasteiger partial charge on any atom is 0.277 e. The highest BCUT2D eigenvalue weighted by Crippen LogP contribution is 2.09. The van der Waals surface area contributed by atoms with Gasteiger partial charge in [-0.25, -0.2) is 4.63 Å². The fourth-order valence-electron chi connectivity index (χ4n) is 1.42. The Hall–Kier alpha value is -2.57. The van der Waals surface area contributed by atoms with Gasteiger partial charge in [0.05, 0.1) is 0 Å². The number of anilines is 1. The highest BCUT2D eigenvalue weighted by atomic mass is 16.6. The number of nitrogens with two attached hydrogens (primary N) is 1. The van der Waals surface area contributed by atoms with Crippen molar-refractivity contribution in [1.82, 2.24) is 15.6 Å². The number of hydrogen-bond acceptors (Lipinski definition) is 6. The highest BCUT2D eigenvalue weighted by Gasteiger charge is 2.14. The van der Waals surface area contributed by atoms with Gasteiger partial charge in [-0.05, 0) is 34.4 Å². The second kappa shape index (κ2) is 5.17. The molecule has 0 unspecified atom stereocenters. The summed E-state index contributed by atoms with van der Waals surface area (Å²) in [7, 11) is 0. The fourth-order valence-corrected chi connectivity index (χ4v) is 1.42. The number of carbonyl (C=O) groups excluding carboxylic acids is 1. The van der Waals surface area contributed by atoms with E-state index < -0.39 is 5.91 Å². The van der Waals surface area contributed by atoms with Gasteiger partial charge >= 0.3 is 0 Å². The summed E-state index contributed by atoms with van der Waals surface area (Å²) < 4.78 is 4.33. The predicted molar refractivity (Wildman–Crippen MR) is 62.9 cm³/mol. The molecule has 2 rings (SSSR count). The normalized spacial score (nSPS) is 10.2. The molecule has 0 saturated carbocycles. The summed E-state index contributed by atoms with van der Waals surface area (Å²) in [6, 6.07) is 6.76. The van der Waals surface area contributed by atoms with Gasteiger partial charge in [-0.3, -0.25) is 4.79 Å². The summed E-state index contributed by atoms with van der Waals surface area (Å²) in [5, 5.41) is 18.5. The molecule has 2 aromatic rings. The predicted octanol–water partition coefficient (Wildman–Crippen LogP) is 0.330. The summed E-state index contributed by atoms with van der Waals surface area (Å²) in [5.41, 5.74) is 6.37. The second-order valence-corrected chi connectivity index (χ2v) is 3.67. The fraction of sp³-hybridized carbons (Fsp3) is 0.182. The molecule has 0 aliphatic rings. The molecule has 0 aliphatic carbocycles. The minimum Gasteiger partial charge on any atom is -0.508 e. The molecular weight excluding hydrogens is 236 g/mol. The van der Waals surface area contributed by atoms with E-state index in [9.17, 15) is 4.79 Å². The van der Waals surface area contributed by atoms with Crippen LogP contribution in [0.5, 0.6) is 5.75 Å². The van der Waals surface area contributed by atoms with Crippen LogP contribution in [0.25, 0.3) is 0 Å². The van der Waals surface area contributed by atoms with E-state index in [4.69, 9.17) is 10.8 Å². The number of nitrogens with one attached hydrogen (secondary N) is 1. The quantitative estimate of drug-likeness (QED) is 0.718. The molecule has 7 heteroatoms. The van der Waals surface area contributed by atoms with Crippen LogP contribution < -0.4 is 11.1 Å². The molecule has 4 N–H and O–H groups in total. The first-order valence-electron chi connectivity index (χ1n) is 5.31. The summed E-state index contributed by atoms with van der Waals surface area (Å²) in [6.45, 7) is 0.426. The van der Waals surface area contributed by atoms with Crippen molar-refractivity contribution in [2.75, 3.05) is 12.3 Å². The largest absolute Gasteiger partial charge is 0.508 e. The second-order valence-electron chi connectivity index (χ2n) is 3.67. The van der Waals surface area contributed by atoms with Crippen molar-refractivity contribution in [3.63, 3.8) is 0 Å². The number of hydrogen-bond donors (Lipinski definition) is 3. The Morgan fingerprint density at radius 3 is 2.67 bits per heavy atom. The average molecular weight is 248 g/mol. The maximum atomic E-state index is 11.6. The summed E-state index contributed by atoms with van der Waals surface area (Å²) in [6.07, 6.45) is 0.636. The van der Waals surface area contributed by atoms with Crippen LogP contribution in [0.4, 0.5) is 5.82 Å². The first-order chi connectivity index (χ1) is 8.66. The molecule has 0 spiro atoms. The lowest BCUT2D eigenvalue weighted by molar-refractivity contribution is 0.0945. The van der Waals surface area contributed by atoms with Gasteiger partial charge in [0, 0.05) is 6.54 Å². The van der Waals surface area contributed by atoms with Crippen molar-refractivity contribution in [2.24, 2.45) is 0 Å². The number of phenolic OH excluding ortho intramolecular Hbond substituents is 1. The van der Waals surface area contributed by atoms with E-state index in [0.29, 0.717) is 13.0 Å². The number of aromatic nitrogens is 2. The van der Waals surface area contributed by atoms with E-state index in [1.165, 1.54) is 0 Å². The smallest absolute Gasteiger partial charge is 0.277 e. The number of nitrogen functional groups attached to an aromatic ring is 1. The van der Waals surface area contributed by atoms with Crippen LogP contribution in [0, 0.1) is 0 Å². The number of aromatic hydroxyl groups is 1. The molecule has 0 aliphatic heterocycles. The van der Waals surface area contributed by atoms with E-state index in [1.54, 1.807) is 24.3 Å². The van der Waals surface area contributed by atoms with Crippen LogP contribution in [0.1, 0.15) is 16.1 Å². The molecule has 0 bridgehead atoms. The van der Waals surface area contributed by atoms with Crippen molar-refractivity contribution in [2.45, 2.75) is 6.42 Å². The molecule has 0 radical (unpaired) electrons. The van der Waals surface area contributed by atoms with Gasteiger partial charge < -0.3 is 16.2 Å². The summed E-state index contributed by atoms with van der Waals surface area (Å²) >= 11 is 0. The van der Waals surface area contributed by atoms with Crippen molar-refractivity contribution in [1.29, 1.82) is 0 Å². The molecular formula is C11H12N4O3. The number of amides is 1. The number of benzene rings is 1. The Morgan fingerprint density at radius 1 is 1.33 bits per heavy atom. The van der Waals surface area contributed by atoms with E-state index in [2.05, 4.69) is 20.3 Å². The lowest BCUT2D eigenvalue weighted by Gasteiger charge is -2.03. The first kappa shape index (κ1) is 11.9. The van der Waals surface area contributed by atoms with Crippen molar-refractivity contribution in [3.8, 4) is 5.75 Å². The third kappa shape index (κ3) is 2.76. The average Bonchev–Trinajstić information content (AvgIpc) is 2.78. The SMILES string of the molecule is Nc1nonc1C(=O)NCCc1ccc(O)cc1. The molecule has 0 fully saturated rings. The Morgan fingerprint density at radius 2 is 2.06 bits per heavy atom. The molecule has 1 aromatic carbocycles. The summed E-state index contributed by atoms with van der Waals surface area (Å²) in [5.74, 6) is -0.242. The van der Waals surface area contributed by atoms with Gasteiger partial charge in [0.1, 0.15) is 5.75 Å². The van der Waals surface area contributed by atoms with Crippen LogP contribution in [0.2, 0.25) is 0 Å². The lowest BCUT2D eigenvalue weighted by atomic mass is 10.1. The van der Waals surface area contributed by atoms with Crippen molar-refractivity contribution >= 4 is 11.7 Å². The molecule has 0 atom stereocenters. The van der Waals surface area contributed by atoms with Gasteiger partial charge in [0.2, 0.25) is 11.5 Å². The number of phenols is 1. The first-order valence-corrected chi connectivity index (χ1v) is 5.31. The topological polar surface area (TPSA) is 114 Å². The van der Waals surface area contributed by atoms with E-state index in [-0.39, 0.29) is 17.3 Å². The minimum atomic E-state index is -0.424. The standard InChI is InChI=1S/C11H12N4O3/c12-10-9(14-18-15-10)11(17)13-6-5-7-1-3-8(16)4-2-7/h1-4,16H,5-6H2,(H2,12,15)(H,13,17). The molecule has 7 nitrogen and oxygen atoms in total. The van der Waals surface area contributed by atoms with Crippen molar-refractivity contribution < 1.29 is 14.5 Å². The van der Waals surface area contributed by atoms with Gasteiger partial charge in [-0.15, -0.1) is 0 Å². The van der Waals surface area contributed by atoms with Crippen LogP contribution in [0.3, 0.4) is 0 Å². The van der Waals surface area contributed by atoms with Gasteiger partial charge in [-0.2, -0.15) is 0 Å². The molecule has 1 heterocycles. The number of rotatable bonds is 4. The zero-order valence-corrected chi connectivity index (χ0v) is 9.46. The van der Waals surface area contributed by atoms with Gasteiger partial charge in [-0.1, -0.05) is 12.1 Å². The number of carbonyl (C=O) groups is 1. The molecule has 94 valence electrons. The van der Waals surface area contributed by atoms with Gasteiger partial charge in [0.15, 0.2) is 0 Å². The highest BCUT2D eigenvalue weighted by molar-refractivity contribution is 5.95. The third-order valence-electron chi connectivity index (χ3n) is 2.36. The number of nitrogens with zero attached hydrogens (tertiary/aromatic N) is 2. The monoisotopic (exact) mass is 248 g/mol. The minimum absolute atomic E-state index is 0.0132. The van der Waals surface area contributed by atoms with E-state index in [0.717, 1.165) is 5.56 Å². The maximum absolute atomic E-state index is 11.6. The molecule has 0 saturated heterocycles. The Labute approximate surface area is 103 Å². The zero-order chi connectivity index (χ0) is 13.0. The Bertz CT molecular complexity index is 535. The Balaban J connectivity index is 1.84. The summed E-state index contributed by atoms with van der Waals surface area (Å²) in [4.78, 5) is 11.6. The van der Waals surface area contributed by atoms with Crippen LogP contribution in [-0.4, -0.2) is 27.9 Å². The van der Waals surface area contributed by atoms with Crippen LogP contribution >= 0.6 is 0 Å². The molecule has 18 heavy (non-hydrogen) atoms.